The van der Waals surface area contributed by atoms with Crippen LogP contribution >= 0.6 is 0 Å². The molecule has 1 aliphatic rings. The average molecular weight is 320 g/mol. The zero-order valence-electron chi connectivity index (χ0n) is 14.2. The van der Waals surface area contributed by atoms with Crippen molar-refractivity contribution in [1.29, 1.82) is 0 Å². The highest BCUT2D eigenvalue weighted by Crippen LogP contribution is 2.24. The molecule has 1 nitrogen and oxygen atoms in total. The Labute approximate surface area is 140 Å². The first-order valence-corrected chi connectivity index (χ1v) is 10.3. The van der Waals surface area contributed by atoms with Crippen molar-refractivity contribution in [1.82, 2.24) is 4.98 Å². The monoisotopic (exact) mass is 319 g/mol. The smallest absolute Gasteiger partial charge is 0.218 e. The lowest BCUT2D eigenvalue weighted by atomic mass is 10.1. The highest BCUT2D eigenvalue weighted by Gasteiger charge is 2.43. The van der Waals surface area contributed by atoms with Gasteiger partial charge in [0.15, 0.2) is 0 Å². The molecule has 2 aromatic carbocycles. The summed E-state index contributed by atoms with van der Waals surface area (Å²) >= 11 is 0. The van der Waals surface area contributed by atoms with Crippen LogP contribution in [-0.2, 0) is 0 Å². The molecule has 0 amide bonds. The van der Waals surface area contributed by atoms with Crippen molar-refractivity contribution < 1.29 is 0 Å². The number of allylic oxidation sites excluding steroid dienone is 4. The zero-order chi connectivity index (χ0) is 16.3. The molecule has 1 N–H and O–H groups in total. The second-order valence-electron chi connectivity index (χ2n) is 7.18. The van der Waals surface area contributed by atoms with E-state index in [4.69, 9.17) is 0 Å². The minimum absolute atomic E-state index is 0.0430. The summed E-state index contributed by atoms with van der Waals surface area (Å²) in [7, 11) is -2.20. The first-order valence-electron chi connectivity index (χ1n) is 8.29. The van der Waals surface area contributed by atoms with Crippen LogP contribution in [0.15, 0.2) is 84.1 Å². The third-order valence-corrected chi connectivity index (χ3v) is 9.09. The minimum Gasteiger partial charge on any atom is -0.322 e. The number of rotatable bonds is 4. The SMILES string of the molecule is CC(C)(C)N[Si](C1=CC=CC1)(c1ccccc1)c1ccccc1. The molecule has 0 heterocycles. The van der Waals surface area contributed by atoms with Gasteiger partial charge in [0, 0.05) is 5.54 Å². The molecule has 3 rings (SSSR count). The van der Waals surface area contributed by atoms with Crippen LogP contribution in [0, 0.1) is 0 Å². The van der Waals surface area contributed by atoms with Gasteiger partial charge in [-0.1, -0.05) is 84.1 Å². The molecule has 0 aromatic heterocycles. The van der Waals surface area contributed by atoms with E-state index in [1.54, 1.807) is 0 Å². The van der Waals surface area contributed by atoms with Crippen LogP contribution in [0.25, 0.3) is 0 Å². The van der Waals surface area contributed by atoms with Crippen LogP contribution in [0.4, 0.5) is 0 Å². The number of hydrogen-bond acceptors (Lipinski definition) is 1. The largest absolute Gasteiger partial charge is 0.322 e. The Kier molecular flexibility index (Phi) is 4.38. The lowest BCUT2D eigenvalue weighted by molar-refractivity contribution is 0.517. The second-order valence-corrected chi connectivity index (χ2v) is 10.7. The summed E-state index contributed by atoms with van der Waals surface area (Å²) in [4.78, 5) is 4.07. The summed E-state index contributed by atoms with van der Waals surface area (Å²) in [5, 5.41) is 4.39. The molecular weight excluding hydrogens is 294 g/mol. The van der Waals surface area contributed by atoms with Gasteiger partial charge in [-0.15, -0.1) is 0 Å². The van der Waals surface area contributed by atoms with Crippen LogP contribution in [0.5, 0.6) is 0 Å². The van der Waals surface area contributed by atoms with Gasteiger partial charge in [0.1, 0.15) is 0 Å². The first-order chi connectivity index (χ1) is 11.0. The lowest BCUT2D eigenvalue weighted by Crippen LogP contribution is -2.74. The Bertz CT molecular complexity index is 669. The predicted molar refractivity (Wildman–Crippen MR) is 103 cm³/mol. The fourth-order valence-electron chi connectivity index (χ4n) is 3.43. The molecule has 118 valence electrons. The van der Waals surface area contributed by atoms with Gasteiger partial charge in [-0.2, -0.15) is 0 Å². The summed E-state index contributed by atoms with van der Waals surface area (Å²) < 4.78 is 0. The Balaban J connectivity index is 2.25. The van der Waals surface area contributed by atoms with Gasteiger partial charge in [-0.25, -0.2) is 0 Å². The molecule has 2 aromatic rings. The summed E-state index contributed by atoms with van der Waals surface area (Å²) in [6, 6.07) is 22.0. The van der Waals surface area contributed by atoms with E-state index in [9.17, 15) is 0 Å². The molecule has 23 heavy (non-hydrogen) atoms. The third kappa shape index (κ3) is 3.24. The fourth-order valence-corrected chi connectivity index (χ4v) is 8.23. The summed E-state index contributed by atoms with van der Waals surface area (Å²) in [6.07, 6.45) is 7.84. The number of hydrogen-bond donors (Lipinski definition) is 1. The third-order valence-electron chi connectivity index (χ3n) is 4.23. The van der Waals surface area contributed by atoms with E-state index in [2.05, 4.69) is 105 Å². The first kappa shape index (κ1) is 16.0. The van der Waals surface area contributed by atoms with Crippen molar-refractivity contribution in [3.63, 3.8) is 0 Å². The van der Waals surface area contributed by atoms with Crippen LogP contribution in [-0.4, -0.2) is 13.8 Å². The zero-order valence-corrected chi connectivity index (χ0v) is 15.2. The van der Waals surface area contributed by atoms with E-state index in [1.165, 1.54) is 15.6 Å². The molecule has 0 bridgehead atoms. The Morgan fingerprint density at radius 3 is 1.74 bits per heavy atom. The van der Waals surface area contributed by atoms with Gasteiger partial charge < -0.3 is 4.98 Å². The van der Waals surface area contributed by atoms with Gasteiger partial charge in [0.25, 0.3) is 0 Å². The van der Waals surface area contributed by atoms with Crippen LogP contribution in [0.3, 0.4) is 0 Å². The van der Waals surface area contributed by atoms with Gasteiger partial charge in [0.2, 0.25) is 8.24 Å². The van der Waals surface area contributed by atoms with Gasteiger partial charge in [0.05, 0.1) is 0 Å². The van der Waals surface area contributed by atoms with Crippen LogP contribution in [0.2, 0.25) is 0 Å². The number of nitrogens with one attached hydrogen (secondary N) is 1. The molecule has 2 heteroatoms. The normalized spacial score (nSPS) is 14.8. The van der Waals surface area contributed by atoms with E-state index >= 15 is 0 Å². The maximum Gasteiger partial charge on any atom is 0.218 e. The molecule has 1 aliphatic carbocycles. The van der Waals surface area contributed by atoms with Gasteiger partial charge in [-0.3, -0.25) is 0 Å². The topological polar surface area (TPSA) is 12.0 Å². The van der Waals surface area contributed by atoms with E-state index in [1.807, 2.05) is 0 Å². The van der Waals surface area contributed by atoms with Crippen molar-refractivity contribution in [2.45, 2.75) is 32.7 Å². The Morgan fingerprint density at radius 2 is 1.35 bits per heavy atom. The summed E-state index contributed by atoms with van der Waals surface area (Å²) in [5.74, 6) is 0. The van der Waals surface area contributed by atoms with Crippen LogP contribution < -0.4 is 15.4 Å². The van der Waals surface area contributed by atoms with Crippen LogP contribution in [0.1, 0.15) is 27.2 Å². The summed E-state index contributed by atoms with van der Waals surface area (Å²) in [6.45, 7) is 6.80. The molecular formula is C21H25NSi. The average Bonchev–Trinajstić information content (AvgIpc) is 3.08. The molecule has 0 aliphatic heterocycles. The van der Waals surface area contributed by atoms with E-state index < -0.39 is 8.24 Å². The van der Waals surface area contributed by atoms with E-state index in [0.29, 0.717) is 0 Å². The lowest BCUT2D eigenvalue weighted by Gasteiger charge is -2.41. The van der Waals surface area contributed by atoms with Crippen molar-refractivity contribution in [2.75, 3.05) is 0 Å². The van der Waals surface area contributed by atoms with Crippen molar-refractivity contribution in [2.24, 2.45) is 0 Å². The Hall–Kier alpha value is -1.90. The number of benzene rings is 2. The van der Waals surface area contributed by atoms with E-state index in [-0.39, 0.29) is 5.54 Å². The maximum atomic E-state index is 4.07. The van der Waals surface area contributed by atoms with Crippen molar-refractivity contribution in [3.8, 4) is 0 Å². The van der Waals surface area contributed by atoms with Crippen molar-refractivity contribution >= 4 is 18.6 Å². The maximum absolute atomic E-state index is 4.07. The molecule has 0 saturated carbocycles. The fraction of sp³-hybridized carbons (Fsp3) is 0.238. The standard InChI is InChI=1S/C21H25NSi/c1-21(2,3)22-23(20-16-10-11-17-20,18-12-6-4-7-13-18)19-14-8-5-9-15-19/h4-16,22H,17H2,1-3H3. The van der Waals surface area contributed by atoms with Gasteiger partial charge >= 0.3 is 0 Å². The molecule has 0 saturated heterocycles. The summed E-state index contributed by atoms with van der Waals surface area (Å²) in [5.41, 5.74) is 0.0430. The molecule has 0 spiro atoms. The predicted octanol–water partition coefficient (Wildman–Crippen LogP) is 3.56. The highest BCUT2D eigenvalue weighted by atomic mass is 28.3. The van der Waals surface area contributed by atoms with Crippen molar-refractivity contribution in [3.05, 3.63) is 84.1 Å². The molecule has 0 radical (unpaired) electrons. The minimum atomic E-state index is -2.20. The highest BCUT2D eigenvalue weighted by molar-refractivity contribution is 7.05. The quantitative estimate of drug-likeness (QED) is 0.850. The molecule has 0 unspecified atom stereocenters. The molecule has 0 atom stereocenters. The van der Waals surface area contributed by atoms with Gasteiger partial charge in [-0.05, 0) is 37.6 Å². The Morgan fingerprint density at radius 1 is 0.826 bits per heavy atom. The second kappa shape index (κ2) is 6.30. The van der Waals surface area contributed by atoms with E-state index in [0.717, 1.165) is 6.42 Å². The molecule has 0 fully saturated rings.